The summed E-state index contributed by atoms with van der Waals surface area (Å²) in [5, 5.41) is 4.57. The van der Waals surface area contributed by atoms with Gasteiger partial charge in [0, 0.05) is 28.0 Å². The van der Waals surface area contributed by atoms with Crippen LogP contribution in [0.5, 0.6) is 0 Å². The van der Waals surface area contributed by atoms with Crippen molar-refractivity contribution in [2.75, 3.05) is 0 Å². The van der Waals surface area contributed by atoms with Crippen LogP contribution in [0.2, 0.25) is 0 Å². The van der Waals surface area contributed by atoms with Crippen LogP contribution in [0.25, 0.3) is 78.0 Å². The van der Waals surface area contributed by atoms with Gasteiger partial charge in [0.15, 0.2) is 23.3 Å². The number of aliphatic imine (C=N–C) groups is 2. The molecular formula is C61H49N5. The zero-order valence-electron chi connectivity index (χ0n) is 37.7. The third-order valence-corrected chi connectivity index (χ3v) is 12.2. The first-order chi connectivity index (χ1) is 32.2. The monoisotopic (exact) mass is 851 g/mol. The fourth-order valence-electron chi connectivity index (χ4n) is 8.57. The molecule has 66 heavy (non-hydrogen) atoms. The third-order valence-electron chi connectivity index (χ3n) is 12.2. The number of hydrogen-bond acceptors (Lipinski definition) is 4. The number of amidine groups is 1. The van der Waals surface area contributed by atoms with E-state index in [2.05, 4.69) is 191 Å². The lowest BCUT2D eigenvalue weighted by Crippen LogP contribution is -2.10. The first kappa shape index (κ1) is 41.8. The number of fused-ring (bicyclic) bond motifs is 2. The van der Waals surface area contributed by atoms with Gasteiger partial charge in [-0.1, -0.05) is 221 Å². The maximum atomic E-state index is 5.37. The summed E-state index contributed by atoms with van der Waals surface area (Å²) >= 11 is 0. The molecule has 0 saturated carbocycles. The second kappa shape index (κ2) is 18.1. The van der Waals surface area contributed by atoms with Gasteiger partial charge >= 0.3 is 0 Å². The normalized spacial score (nSPS) is 12.2. The van der Waals surface area contributed by atoms with Gasteiger partial charge in [-0.05, 0) is 85.0 Å². The second-order valence-corrected chi connectivity index (χ2v) is 17.7. The molecule has 5 nitrogen and oxygen atoms in total. The van der Waals surface area contributed by atoms with Crippen LogP contribution in [0.1, 0.15) is 49.9 Å². The van der Waals surface area contributed by atoms with Crippen molar-refractivity contribution >= 4 is 33.1 Å². The Labute approximate surface area is 387 Å². The summed E-state index contributed by atoms with van der Waals surface area (Å²) in [6, 6.07) is 74.2. The highest BCUT2D eigenvalue weighted by Crippen LogP contribution is 2.39. The van der Waals surface area contributed by atoms with Crippen molar-refractivity contribution in [3.8, 4) is 56.4 Å². The minimum Gasteiger partial charge on any atom is -0.261 e. The standard InChI is InChI=1S/C61H49N5/c1-41(42-18-7-5-8-19-42)63-60(55-29-17-26-44-21-13-15-27-52(44)55)62-40-50-25-14-16-28-53(50)54-37-34-49(39-56(54)45-32-35-51(36-33-45)61(2,3)4)59-65-57(46-22-9-6-10-23-46)64-58(66-59)48-31-30-43-20-11-12-24-47(43)38-48/h5-39H,40H2,1-4H3/b62-60-,63-41+. The summed E-state index contributed by atoms with van der Waals surface area (Å²) < 4.78 is 0. The van der Waals surface area contributed by atoms with Gasteiger partial charge in [-0.15, -0.1) is 0 Å². The zero-order chi connectivity index (χ0) is 45.0. The van der Waals surface area contributed by atoms with Gasteiger partial charge in [-0.25, -0.2) is 19.9 Å². The quantitative estimate of drug-likeness (QED) is 0.107. The Morgan fingerprint density at radius 1 is 0.439 bits per heavy atom. The first-order valence-electron chi connectivity index (χ1n) is 22.5. The summed E-state index contributed by atoms with van der Waals surface area (Å²) in [4.78, 5) is 26.0. The van der Waals surface area contributed by atoms with E-state index in [0.717, 1.165) is 77.5 Å². The first-order valence-corrected chi connectivity index (χ1v) is 22.5. The Bertz CT molecular complexity index is 3410. The number of hydrogen-bond donors (Lipinski definition) is 0. The molecule has 0 saturated heterocycles. The molecule has 0 amide bonds. The van der Waals surface area contributed by atoms with Gasteiger partial charge in [0.1, 0.15) is 0 Å². The van der Waals surface area contributed by atoms with Gasteiger partial charge in [-0.2, -0.15) is 0 Å². The van der Waals surface area contributed by atoms with Crippen molar-refractivity contribution in [2.45, 2.75) is 39.7 Å². The van der Waals surface area contributed by atoms with E-state index in [1.807, 2.05) is 48.5 Å². The average Bonchev–Trinajstić information content (AvgIpc) is 3.37. The Balaban J connectivity index is 1.12. The highest BCUT2D eigenvalue weighted by Gasteiger charge is 2.19. The van der Waals surface area contributed by atoms with Crippen molar-refractivity contribution in [3.63, 3.8) is 0 Å². The molecule has 10 rings (SSSR count). The van der Waals surface area contributed by atoms with Crippen LogP contribution in [-0.2, 0) is 12.0 Å². The third kappa shape index (κ3) is 8.84. The van der Waals surface area contributed by atoms with Gasteiger partial charge in [0.05, 0.1) is 6.54 Å². The Kier molecular flexibility index (Phi) is 11.5. The lowest BCUT2D eigenvalue weighted by Gasteiger charge is -2.20. The molecule has 1 heterocycles. The molecule has 0 aliphatic carbocycles. The number of aromatic nitrogens is 3. The molecule has 5 heteroatoms. The molecule has 0 bridgehead atoms. The maximum absolute atomic E-state index is 5.37. The predicted octanol–water partition coefficient (Wildman–Crippen LogP) is 15.3. The second-order valence-electron chi connectivity index (χ2n) is 17.7. The SMILES string of the molecule is C/C(=N\C(=N/Cc1ccccc1-c1ccc(-c2nc(-c3ccccc3)nc(-c3ccc4ccccc4c3)n2)cc1-c1ccc(C(C)(C)C)cc1)c1cccc2ccccc12)c1ccccc1. The van der Waals surface area contributed by atoms with Crippen molar-refractivity contribution < 1.29 is 0 Å². The van der Waals surface area contributed by atoms with E-state index in [1.54, 1.807) is 0 Å². The molecule has 0 aliphatic rings. The highest BCUT2D eigenvalue weighted by atomic mass is 15.0. The van der Waals surface area contributed by atoms with Crippen LogP contribution in [0, 0.1) is 0 Å². The van der Waals surface area contributed by atoms with E-state index in [4.69, 9.17) is 24.9 Å². The fourth-order valence-corrected chi connectivity index (χ4v) is 8.57. The largest absolute Gasteiger partial charge is 0.261 e. The molecule has 0 aliphatic heterocycles. The predicted molar refractivity (Wildman–Crippen MR) is 276 cm³/mol. The number of nitrogens with zero attached hydrogens (tertiary/aromatic N) is 5. The van der Waals surface area contributed by atoms with E-state index in [-0.39, 0.29) is 5.41 Å². The molecule has 0 atom stereocenters. The van der Waals surface area contributed by atoms with Crippen LogP contribution in [0.15, 0.2) is 222 Å². The van der Waals surface area contributed by atoms with Crippen molar-refractivity contribution in [3.05, 3.63) is 235 Å². The van der Waals surface area contributed by atoms with Crippen molar-refractivity contribution in [1.29, 1.82) is 0 Å². The van der Waals surface area contributed by atoms with E-state index in [0.29, 0.717) is 29.9 Å². The Morgan fingerprint density at radius 3 is 1.76 bits per heavy atom. The molecule has 0 N–H and O–H groups in total. The minimum atomic E-state index is 0.00876. The van der Waals surface area contributed by atoms with Crippen LogP contribution < -0.4 is 0 Å². The number of benzene rings is 9. The summed E-state index contributed by atoms with van der Waals surface area (Å²) in [6.07, 6.45) is 0. The van der Waals surface area contributed by atoms with Crippen LogP contribution >= 0.6 is 0 Å². The highest BCUT2D eigenvalue weighted by molar-refractivity contribution is 6.16. The zero-order valence-corrected chi connectivity index (χ0v) is 37.7. The van der Waals surface area contributed by atoms with E-state index in [1.165, 1.54) is 10.9 Å². The Hall–Kier alpha value is -8.15. The lowest BCUT2D eigenvalue weighted by atomic mass is 9.85. The summed E-state index contributed by atoms with van der Waals surface area (Å²) in [5.41, 5.74) is 12.5. The maximum Gasteiger partial charge on any atom is 0.164 e. The molecular weight excluding hydrogens is 803 g/mol. The summed E-state index contributed by atoms with van der Waals surface area (Å²) in [5.74, 6) is 2.55. The molecule has 10 aromatic rings. The topological polar surface area (TPSA) is 63.4 Å². The molecule has 9 aromatic carbocycles. The van der Waals surface area contributed by atoms with E-state index < -0.39 is 0 Å². The van der Waals surface area contributed by atoms with Crippen LogP contribution in [0.3, 0.4) is 0 Å². The summed E-state index contributed by atoms with van der Waals surface area (Å²) in [6.45, 7) is 9.24. The van der Waals surface area contributed by atoms with Gasteiger partial charge in [0.25, 0.3) is 0 Å². The smallest absolute Gasteiger partial charge is 0.164 e. The Morgan fingerprint density at radius 2 is 1.02 bits per heavy atom. The van der Waals surface area contributed by atoms with Crippen molar-refractivity contribution in [1.82, 2.24) is 15.0 Å². The van der Waals surface area contributed by atoms with Gasteiger partial charge < -0.3 is 0 Å². The van der Waals surface area contributed by atoms with E-state index in [9.17, 15) is 0 Å². The molecule has 318 valence electrons. The molecule has 0 fully saturated rings. The molecule has 0 spiro atoms. The van der Waals surface area contributed by atoms with Crippen LogP contribution in [-0.4, -0.2) is 26.5 Å². The lowest BCUT2D eigenvalue weighted by molar-refractivity contribution is 0.590. The average molecular weight is 852 g/mol. The van der Waals surface area contributed by atoms with Gasteiger partial charge in [-0.3, -0.25) is 4.99 Å². The molecule has 0 unspecified atom stereocenters. The molecule has 0 radical (unpaired) electrons. The van der Waals surface area contributed by atoms with Crippen LogP contribution in [0.4, 0.5) is 0 Å². The molecule has 1 aromatic heterocycles. The minimum absolute atomic E-state index is 0.00876. The summed E-state index contributed by atoms with van der Waals surface area (Å²) in [7, 11) is 0. The van der Waals surface area contributed by atoms with Gasteiger partial charge in [0.2, 0.25) is 0 Å². The van der Waals surface area contributed by atoms with E-state index >= 15 is 0 Å². The number of rotatable bonds is 9. The fraction of sp³-hybridized carbons (Fsp3) is 0.0984. The van der Waals surface area contributed by atoms with Crippen molar-refractivity contribution in [2.24, 2.45) is 9.98 Å².